The maximum absolute atomic E-state index is 12.4. The van der Waals surface area contributed by atoms with E-state index in [1.165, 1.54) is 0 Å². The third kappa shape index (κ3) is 4.84. The van der Waals surface area contributed by atoms with Crippen molar-refractivity contribution < 1.29 is 9.59 Å². The van der Waals surface area contributed by atoms with E-state index < -0.39 is 0 Å². The smallest absolute Gasteiger partial charge is 0.254 e. The molecule has 0 radical (unpaired) electrons. The SMILES string of the molecule is C#CCNC(=O)c1ccccc1NC(=O)Cc1ccc(-c2csc(C)n2)cc1. The topological polar surface area (TPSA) is 71.1 Å². The summed E-state index contributed by atoms with van der Waals surface area (Å²) in [5, 5.41) is 8.44. The Hall–Kier alpha value is -3.43. The number of benzene rings is 2. The molecular formula is C22H19N3O2S. The van der Waals surface area contributed by atoms with E-state index >= 15 is 0 Å². The molecule has 0 atom stereocenters. The minimum Gasteiger partial charge on any atom is -0.341 e. The number of hydrogen-bond donors (Lipinski definition) is 2. The number of para-hydroxylation sites is 1. The maximum atomic E-state index is 12.4. The molecule has 140 valence electrons. The van der Waals surface area contributed by atoms with Crippen LogP contribution >= 0.6 is 11.3 Å². The van der Waals surface area contributed by atoms with Crippen molar-refractivity contribution in [1.82, 2.24) is 10.3 Å². The van der Waals surface area contributed by atoms with Gasteiger partial charge in [-0.25, -0.2) is 4.98 Å². The number of rotatable bonds is 6. The molecule has 5 nitrogen and oxygen atoms in total. The van der Waals surface area contributed by atoms with Crippen molar-refractivity contribution in [3.63, 3.8) is 0 Å². The van der Waals surface area contributed by atoms with E-state index in [9.17, 15) is 9.59 Å². The van der Waals surface area contributed by atoms with E-state index in [2.05, 4.69) is 21.5 Å². The Kier molecular flexibility index (Phi) is 6.20. The zero-order valence-electron chi connectivity index (χ0n) is 15.4. The fraction of sp³-hybridized carbons (Fsp3) is 0.136. The normalized spacial score (nSPS) is 10.1. The summed E-state index contributed by atoms with van der Waals surface area (Å²) in [5.41, 5.74) is 3.66. The number of aromatic nitrogens is 1. The molecule has 28 heavy (non-hydrogen) atoms. The minimum absolute atomic E-state index is 0.131. The van der Waals surface area contributed by atoms with Gasteiger partial charge in [-0.2, -0.15) is 0 Å². The highest BCUT2D eigenvalue weighted by molar-refractivity contribution is 7.09. The maximum Gasteiger partial charge on any atom is 0.254 e. The molecule has 2 aromatic carbocycles. The fourth-order valence-corrected chi connectivity index (χ4v) is 3.31. The summed E-state index contributed by atoms with van der Waals surface area (Å²) in [4.78, 5) is 29.1. The minimum atomic E-state index is -0.322. The van der Waals surface area contributed by atoms with Gasteiger partial charge in [0.2, 0.25) is 5.91 Å². The lowest BCUT2D eigenvalue weighted by Gasteiger charge is -2.11. The fourth-order valence-electron chi connectivity index (χ4n) is 2.69. The lowest BCUT2D eigenvalue weighted by Crippen LogP contribution is -2.25. The number of hydrogen-bond acceptors (Lipinski definition) is 4. The zero-order chi connectivity index (χ0) is 19.9. The Balaban J connectivity index is 1.66. The van der Waals surface area contributed by atoms with Crippen LogP contribution in [-0.4, -0.2) is 23.3 Å². The molecule has 0 fully saturated rings. The number of aryl methyl sites for hydroxylation is 1. The first kappa shape index (κ1) is 19.3. The van der Waals surface area contributed by atoms with Crippen LogP contribution in [0.25, 0.3) is 11.3 Å². The van der Waals surface area contributed by atoms with Gasteiger partial charge in [-0.15, -0.1) is 17.8 Å². The predicted octanol–water partition coefficient (Wildman–Crippen LogP) is 3.66. The molecule has 0 saturated carbocycles. The van der Waals surface area contributed by atoms with Crippen LogP contribution in [-0.2, 0) is 11.2 Å². The first-order valence-corrected chi connectivity index (χ1v) is 9.57. The Morgan fingerprint density at radius 2 is 1.89 bits per heavy atom. The second kappa shape index (κ2) is 8.98. The molecule has 0 spiro atoms. The van der Waals surface area contributed by atoms with Gasteiger partial charge >= 0.3 is 0 Å². The number of nitrogens with zero attached hydrogens (tertiary/aromatic N) is 1. The Bertz CT molecular complexity index is 1030. The van der Waals surface area contributed by atoms with Crippen molar-refractivity contribution in [3.05, 3.63) is 70.0 Å². The van der Waals surface area contributed by atoms with Crippen LogP contribution in [0.5, 0.6) is 0 Å². The highest BCUT2D eigenvalue weighted by Crippen LogP contribution is 2.22. The third-order valence-corrected chi connectivity index (χ3v) is 4.80. The third-order valence-electron chi connectivity index (χ3n) is 4.03. The van der Waals surface area contributed by atoms with Crippen LogP contribution in [0, 0.1) is 19.3 Å². The second-order valence-electron chi connectivity index (χ2n) is 6.11. The van der Waals surface area contributed by atoms with Crippen LogP contribution in [0.2, 0.25) is 0 Å². The first-order chi connectivity index (χ1) is 13.6. The summed E-state index contributed by atoms with van der Waals surface area (Å²) in [6, 6.07) is 14.6. The van der Waals surface area contributed by atoms with Gasteiger partial charge in [0.1, 0.15) is 0 Å². The summed E-state index contributed by atoms with van der Waals surface area (Å²) in [6.07, 6.45) is 5.38. The van der Waals surface area contributed by atoms with E-state index in [0.717, 1.165) is 21.8 Å². The molecule has 0 aliphatic rings. The summed E-state index contributed by atoms with van der Waals surface area (Å²) in [7, 11) is 0. The summed E-state index contributed by atoms with van der Waals surface area (Å²) in [5.74, 6) is 1.83. The van der Waals surface area contributed by atoms with Crippen molar-refractivity contribution in [1.29, 1.82) is 0 Å². The molecule has 1 heterocycles. The standard InChI is InChI=1S/C22H19N3O2S/c1-3-12-23-22(27)18-6-4-5-7-19(18)25-21(26)13-16-8-10-17(11-9-16)20-14-28-15(2)24-20/h1,4-11,14H,12-13H2,2H3,(H,23,27)(H,25,26). The Labute approximate surface area is 167 Å². The molecule has 0 saturated heterocycles. The molecule has 3 rings (SSSR count). The highest BCUT2D eigenvalue weighted by Gasteiger charge is 2.13. The van der Waals surface area contributed by atoms with Crippen LogP contribution in [0.1, 0.15) is 20.9 Å². The highest BCUT2D eigenvalue weighted by atomic mass is 32.1. The number of carbonyl (C=O) groups is 2. The average molecular weight is 389 g/mol. The summed E-state index contributed by atoms with van der Waals surface area (Å²) >= 11 is 1.61. The van der Waals surface area contributed by atoms with Crippen molar-refractivity contribution in [3.8, 4) is 23.6 Å². The van der Waals surface area contributed by atoms with Gasteiger partial charge in [0.05, 0.1) is 34.9 Å². The van der Waals surface area contributed by atoms with Crippen LogP contribution in [0.4, 0.5) is 5.69 Å². The van der Waals surface area contributed by atoms with Gasteiger partial charge in [-0.1, -0.05) is 42.3 Å². The largest absolute Gasteiger partial charge is 0.341 e. The number of carbonyl (C=O) groups excluding carboxylic acids is 2. The molecule has 0 unspecified atom stereocenters. The summed E-state index contributed by atoms with van der Waals surface area (Å²) < 4.78 is 0. The summed E-state index contributed by atoms with van der Waals surface area (Å²) in [6.45, 7) is 2.10. The van der Waals surface area contributed by atoms with E-state index in [1.54, 1.807) is 35.6 Å². The monoisotopic (exact) mass is 389 g/mol. The molecule has 3 aromatic rings. The van der Waals surface area contributed by atoms with Crippen molar-refractivity contribution >= 4 is 28.8 Å². The second-order valence-corrected chi connectivity index (χ2v) is 7.17. The van der Waals surface area contributed by atoms with Crippen LogP contribution in [0.15, 0.2) is 53.9 Å². The van der Waals surface area contributed by atoms with Gasteiger partial charge in [0, 0.05) is 10.9 Å². The number of anilines is 1. The molecule has 2 N–H and O–H groups in total. The van der Waals surface area contributed by atoms with Crippen molar-refractivity contribution in [2.24, 2.45) is 0 Å². The Morgan fingerprint density at radius 3 is 2.57 bits per heavy atom. The van der Waals surface area contributed by atoms with Crippen molar-refractivity contribution in [2.45, 2.75) is 13.3 Å². The molecule has 2 amide bonds. The van der Waals surface area contributed by atoms with Crippen molar-refractivity contribution in [2.75, 3.05) is 11.9 Å². The number of amides is 2. The predicted molar refractivity (Wildman–Crippen MR) is 112 cm³/mol. The molecular weight excluding hydrogens is 370 g/mol. The van der Waals surface area contributed by atoms with Crippen LogP contribution < -0.4 is 10.6 Å². The van der Waals surface area contributed by atoms with Gasteiger partial charge in [-0.3, -0.25) is 9.59 Å². The molecule has 0 bridgehead atoms. The number of nitrogens with one attached hydrogen (secondary N) is 2. The molecule has 0 aliphatic carbocycles. The molecule has 1 aromatic heterocycles. The van der Waals surface area contributed by atoms with Gasteiger partial charge in [0.25, 0.3) is 5.91 Å². The molecule has 0 aliphatic heterocycles. The van der Waals surface area contributed by atoms with Gasteiger partial charge in [0.15, 0.2) is 0 Å². The van der Waals surface area contributed by atoms with E-state index in [0.29, 0.717) is 11.3 Å². The van der Waals surface area contributed by atoms with Gasteiger partial charge in [-0.05, 0) is 24.6 Å². The van der Waals surface area contributed by atoms with E-state index in [1.807, 2.05) is 36.6 Å². The lowest BCUT2D eigenvalue weighted by molar-refractivity contribution is -0.115. The van der Waals surface area contributed by atoms with Gasteiger partial charge < -0.3 is 10.6 Å². The molecule has 6 heteroatoms. The quantitative estimate of drug-likeness (QED) is 0.632. The van der Waals surface area contributed by atoms with E-state index in [-0.39, 0.29) is 24.8 Å². The Morgan fingerprint density at radius 1 is 1.14 bits per heavy atom. The number of thiazole rings is 1. The lowest BCUT2D eigenvalue weighted by atomic mass is 10.1. The first-order valence-electron chi connectivity index (χ1n) is 8.69. The number of terminal acetylenes is 1. The zero-order valence-corrected chi connectivity index (χ0v) is 16.2. The van der Waals surface area contributed by atoms with Crippen LogP contribution in [0.3, 0.4) is 0 Å². The average Bonchev–Trinajstić information content (AvgIpc) is 3.13. The van der Waals surface area contributed by atoms with E-state index in [4.69, 9.17) is 6.42 Å².